The maximum absolute atomic E-state index is 13.8. The van der Waals surface area contributed by atoms with Crippen molar-refractivity contribution >= 4 is 45.9 Å². The van der Waals surface area contributed by atoms with E-state index >= 15 is 0 Å². The van der Waals surface area contributed by atoms with E-state index in [9.17, 15) is 9.59 Å². The van der Waals surface area contributed by atoms with Gasteiger partial charge in [0.1, 0.15) is 0 Å². The van der Waals surface area contributed by atoms with Crippen molar-refractivity contribution in [1.29, 1.82) is 0 Å². The van der Waals surface area contributed by atoms with E-state index in [-0.39, 0.29) is 11.7 Å². The number of hydrogen-bond acceptors (Lipinski definition) is 5. The third kappa shape index (κ3) is 4.15. The molecular formula is C27H24ClN3O3S. The molecule has 178 valence electrons. The lowest BCUT2D eigenvalue weighted by Gasteiger charge is -2.25. The van der Waals surface area contributed by atoms with Crippen LogP contribution in [0, 0.1) is 6.92 Å². The number of aromatic amines is 1. The number of aromatic nitrogens is 2. The number of halogens is 1. The van der Waals surface area contributed by atoms with Gasteiger partial charge in [-0.1, -0.05) is 53.3 Å². The summed E-state index contributed by atoms with van der Waals surface area (Å²) in [5.74, 6) is -0.483. The van der Waals surface area contributed by atoms with Gasteiger partial charge in [0.15, 0.2) is 4.80 Å². The summed E-state index contributed by atoms with van der Waals surface area (Å²) in [6, 6.07) is 14.5. The van der Waals surface area contributed by atoms with Gasteiger partial charge in [-0.05, 0) is 57.5 Å². The molecule has 5 rings (SSSR count). The predicted octanol–water partition coefficient (Wildman–Crippen LogP) is 4.63. The van der Waals surface area contributed by atoms with Gasteiger partial charge in [-0.15, -0.1) is 0 Å². The molecule has 1 N–H and O–H groups in total. The lowest BCUT2D eigenvalue weighted by Crippen LogP contribution is -2.40. The molecule has 0 radical (unpaired) electrons. The van der Waals surface area contributed by atoms with Gasteiger partial charge < -0.3 is 9.72 Å². The molecule has 0 aliphatic carbocycles. The summed E-state index contributed by atoms with van der Waals surface area (Å²) in [5, 5.41) is 1.62. The number of ether oxygens (including phenoxy) is 1. The predicted molar refractivity (Wildman–Crippen MR) is 139 cm³/mol. The number of benzene rings is 2. The molecule has 0 amide bonds. The van der Waals surface area contributed by atoms with Crippen molar-refractivity contribution < 1.29 is 9.53 Å². The number of nitrogens with zero attached hydrogens (tertiary/aromatic N) is 2. The highest BCUT2D eigenvalue weighted by molar-refractivity contribution is 7.07. The summed E-state index contributed by atoms with van der Waals surface area (Å²) in [4.78, 5) is 35.5. The standard InChI is InChI=1S/C27H24ClN3O3S/c1-14(2)34-26(33)23-16(4)30-27-31(24(23)17-9-11-18(28)12-10-17)25(32)22(35-27)13-20-15(3)29-21-8-6-5-7-19(20)21/h5-14,24,29H,1-4H3/b22-13-/t24-/m0/s1. The average Bonchev–Trinajstić information content (AvgIpc) is 3.29. The highest BCUT2D eigenvalue weighted by Crippen LogP contribution is 2.31. The van der Waals surface area contributed by atoms with Gasteiger partial charge in [-0.25, -0.2) is 9.79 Å². The number of fused-ring (bicyclic) bond motifs is 2. The number of carbonyl (C=O) groups excluding carboxylic acids is 1. The number of rotatable bonds is 4. The molecule has 1 aliphatic heterocycles. The smallest absolute Gasteiger partial charge is 0.338 e. The molecule has 0 bridgehead atoms. The molecule has 3 heterocycles. The Morgan fingerprint density at radius 1 is 1.17 bits per heavy atom. The quantitative estimate of drug-likeness (QED) is 0.411. The first-order chi connectivity index (χ1) is 16.7. The van der Waals surface area contributed by atoms with Crippen molar-refractivity contribution in [3.05, 3.63) is 101 Å². The Morgan fingerprint density at radius 3 is 2.60 bits per heavy atom. The maximum Gasteiger partial charge on any atom is 0.338 e. The van der Waals surface area contributed by atoms with Crippen LogP contribution in [0.15, 0.2) is 69.6 Å². The Balaban J connectivity index is 1.75. The summed E-state index contributed by atoms with van der Waals surface area (Å²) in [5.41, 5.74) is 4.39. The van der Waals surface area contributed by atoms with Crippen LogP contribution in [0.3, 0.4) is 0 Å². The Bertz CT molecular complexity index is 1670. The molecule has 0 saturated heterocycles. The van der Waals surface area contributed by atoms with E-state index in [1.165, 1.54) is 11.3 Å². The fraction of sp³-hybridized carbons (Fsp3) is 0.222. The zero-order valence-electron chi connectivity index (χ0n) is 19.8. The first kappa shape index (κ1) is 23.3. The Morgan fingerprint density at radius 2 is 1.89 bits per heavy atom. The van der Waals surface area contributed by atoms with Crippen molar-refractivity contribution in [2.75, 3.05) is 0 Å². The highest BCUT2D eigenvalue weighted by Gasteiger charge is 2.33. The number of aryl methyl sites for hydroxylation is 1. The van der Waals surface area contributed by atoms with E-state index in [4.69, 9.17) is 16.3 Å². The third-order valence-electron chi connectivity index (χ3n) is 5.99. The summed E-state index contributed by atoms with van der Waals surface area (Å²) >= 11 is 7.44. The number of hydrogen-bond donors (Lipinski definition) is 1. The second-order valence-electron chi connectivity index (χ2n) is 8.80. The Labute approximate surface area is 210 Å². The molecule has 8 heteroatoms. The number of para-hydroxylation sites is 1. The maximum atomic E-state index is 13.8. The third-order valence-corrected chi connectivity index (χ3v) is 7.22. The van der Waals surface area contributed by atoms with Crippen molar-refractivity contribution in [3.63, 3.8) is 0 Å². The zero-order chi connectivity index (χ0) is 24.9. The van der Waals surface area contributed by atoms with Gasteiger partial charge in [0.2, 0.25) is 0 Å². The zero-order valence-corrected chi connectivity index (χ0v) is 21.3. The number of H-pyrrole nitrogens is 1. The number of carbonyl (C=O) groups is 1. The van der Waals surface area contributed by atoms with Crippen LogP contribution < -0.4 is 14.9 Å². The SMILES string of the molecule is CC1=C(C(=O)OC(C)C)[C@H](c2ccc(Cl)cc2)n2c(s/c(=C\c3c(C)[nH]c4ccccc34)c2=O)=N1. The normalized spacial score (nSPS) is 16.1. The fourth-order valence-corrected chi connectivity index (χ4v) is 5.59. The molecule has 0 saturated carbocycles. The van der Waals surface area contributed by atoms with Crippen molar-refractivity contribution in [2.24, 2.45) is 4.99 Å². The van der Waals surface area contributed by atoms with Gasteiger partial charge >= 0.3 is 5.97 Å². The molecule has 0 fully saturated rings. The van der Waals surface area contributed by atoms with Gasteiger partial charge in [-0.2, -0.15) is 0 Å². The molecule has 1 aliphatic rings. The number of esters is 1. The monoisotopic (exact) mass is 505 g/mol. The van der Waals surface area contributed by atoms with Gasteiger partial charge in [0, 0.05) is 27.2 Å². The summed E-state index contributed by atoms with van der Waals surface area (Å²) in [6.45, 7) is 7.36. The van der Waals surface area contributed by atoms with Crippen LogP contribution in [0.25, 0.3) is 17.0 Å². The van der Waals surface area contributed by atoms with Crippen LogP contribution >= 0.6 is 22.9 Å². The van der Waals surface area contributed by atoms with Crippen molar-refractivity contribution in [2.45, 2.75) is 39.8 Å². The fourth-order valence-electron chi connectivity index (χ4n) is 4.44. The second kappa shape index (κ2) is 8.98. The minimum Gasteiger partial charge on any atom is -0.459 e. The van der Waals surface area contributed by atoms with Crippen LogP contribution in [0.2, 0.25) is 5.02 Å². The second-order valence-corrected chi connectivity index (χ2v) is 10.2. The molecule has 4 aromatic rings. The molecule has 6 nitrogen and oxygen atoms in total. The Kier molecular flexibility index (Phi) is 5.99. The molecule has 2 aromatic heterocycles. The van der Waals surface area contributed by atoms with E-state index in [1.807, 2.05) is 49.4 Å². The van der Waals surface area contributed by atoms with Crippen LogP contribution in [0.1, 0.15) is 43.6 Å². The average molecular weight is 506 g/mol. The summed E-state index contributed by atoms with van der Waals surface area (Å²) in [7, 11) is 0. The number of nitrogens with one attached hydrogen (secondary N) is 1. The lowest BCUT2D eigenvalue weighted by atomic mass is 9.96. The number of allylic oxidation sites excluding steroid dienone is 1. The van der Waals surface area contributed by atoms with Crippen LogP contribution in [-0.4, -0.2) is 21.6 Å². The van der Waals surface area contributed by atoms with E-state index in [0.717, 1.165) is 27.7 Å². The van der Waals surface area contributed by atoms with E-state index < -0.39 is 12.0 Å². The summed E-state index contributed by atoms with van der Waals surface area (Å²) in [6.07, 6.45) is 1.60. The van der Waals surface area contributed by atoms with E-state index in [2.05, 4.69) is 9.98 Å². The molecule has 0 spiro atoms. The van der Waals surface area contributed by atoms with Crippen molar-refractivity contribution in [1.82, 2.24) is 9.55 Å². The number of thiazole rings is 1. The van der Waals surface area contributed by atoms with Gasteiger partial charge in [-0.3, -0.25) is 9.36 Å². The molecule has 0 unspecified atom stereocenters. The molecule has 35 heavy (non-hydrogen) atoms. The van der Waals surface area contributed by atoms with Crippen molar-refractivity contribution in [3.8, 4) is 0 Å². The molecular weight excluding hydrogens is 482 g/mol. The Hall–Kier alpha value is -3.42. The van der Waals surface area contributed by atoms with Gasteiger partial charge in [0.05, 0.1) is 27.9 Å². The van der Waals surface area contributed by atoms with Crippen LogP contribution in [-0.2, 0) is 9.53 Å². The van der Waals surface area contributed by atoms with Gasteiger partial charge in [0.25, 0.3) is 5.56 Å². The highest BCUT2D eigenvalue weighted by atomic mass is 35.5. The molecule has 2 aromatic carbocycles. The van der Waals surface area contributed by atoms with E-state index in [1.54, 1.807) is 37.5 Å². The van der Waals surface area contributed by atoms with Crippen LogP contribution in [0.5, 0.6) is 0 Å². The minimum atomic E-state index is -0.666. The van der Waals surface area contributed by atoms with E-state index in [0.29, 0.717) is 25.6 Å². The van der Waals surface area contributed by atoms with Crippen LogP contribution in [0.4, 0.5) is 0 Å². The minimum absolute atomic E-state index is 0.208. The first-order valence-corrected chi connectivity index (χ1v) is 12.5. The first-order valence-electron chi connectivity index (χ1n) is 11.3. The topological polar surface area (TPSA) is 76.5 Å². The molecule has 1 atom stereocenters. The largest absolute Gasteiger partial charge is 0.459 e. The lowest BCUT2D eigenvalue weighted by molar-refractivity contribution is -0.143. The summed E-state index contributed by atoms with van der Waals surface area (Å²) < 4.78 is 7.67.